The fourth-order valence-corrected chi connectivity index (χ4v) is 3.11. The van der Waals surface area contributed by atoms with Gasteiger partial charge in [-0.15, -0.1) is 0 Å². The molecule has 1 unspecified atom stereocenters. The number of nitrogens with zero attached hydrogens (tertiary/aromatic N) is 2. The molecule has 0 aliphatic carbocycles. The minimum Gasteiger partial charge on any atom is -0.477 e. The zero-order chi connectivity index (χ0) is 16.4. The van der Waals surface area contributed by atoms with Crippen molar-refractivity contribution in [1.29, 1.82) is 0 Å². The Labute approximate surface area is 134 Å². The molecule has 5 heteroatoms. The first-order valence-electron chi connectivity index (χ1n) is 7.64. The van der Waals surface area contributed by atoms with E-state index in [2.05, 4.69) is 24.0 Å². The molecular formula is C18H18N2O3. The summed E-state index contributed by atoms with van der Waals surface area (Å²) in [4.78, 5) is 29.3. The van der Waals surface area contributed by atoms with Gasteiger partial charge in [0, 0.05) is 12.7 Å². The van der Waals surface area contributed by atoms with Crippen LogP contribution >= 0.6 is 0 Å². The predicted molar refractivity (Wildman–Crippen MR) is 85.4 cm³/mol. The Morgan fingerprint density at radius 3 is 2.65 bits per heavy atom. The van der Waals surface area contributed by atoms with Gasteiger partial charge in [-0.25, -0.2) is 9.78 Å². The predicted octanol–water partition coefficient (Wildman–Crippen LogP) is 3.07. The van der Waals surface area contributed by atoms with Crippen molar-refractivity contribution in [3.05, 3.63) is 65.0 Å². The lowest BCUT2D eigenvalue weighted by atomic mass is 9.99. The highest BCUT2D eigenvalue weighted by atomic mass is 16.4. The van der Waals surface area contributed by atoms with Gasteiger partial charge in [-0.1, -0.05) is 24.3 Å². The maximum Gasteiger partial charge on any atom is 0.354 e. The number of aromatic nitrogens is 1. The highest BCUT2D eigenvalue weighted by Crippen LogP contribution is 2.34. The molecule has 1 saturated heterocycles. The van der Waals surface area contributed by atoms with Crippen molar-refractivity contribution in [2.75, 3.05) is 6.54 Å². The van der Waals surface area contributed by atoms with Crippen LogP contribution in [0.1, 0.15) is 50.9 Å². The summed E-state index contributed by atoms with van der Waals surface area (Å²) < 4.78 is 0. The van der Waals surface area contributed by atoms with Crippen LogP contribution in [0.5, 0.6) is 0 Å². The van der Waals surface area contributed by atoms with E-state index in [0.717, 1.165) is 12.8 Å². The maximum absolute atomic E-state index is 12.8. The van der Waals surface area contributed by atoms with Crippen LogP contribution in [0.4, 0.5) is 0 Å². The van der Waals surface area contributed by atoms with E-state index in [1.807, 2.05) is 17.0 Å². The first-order chi connectivity index (χ1) is 11.1. The fraction of sp³-hybridized carbons (Fsp3) is 0.278. The van der Waals surface area contributed by atoms with Gasteiger partial charge in [0.15, 0.2) is 0 Å². The average molecular weight is 310 g/mol. The number of carbonyl (C=O) groups is 2. The second-order valence-corrected chi connectivity index (χ2v) is 5.75. The molecule has 2 heterocycles. The van der Waals surface area contributed by atoms with E-state index >= 15 is 0 Å². The molecule has 0 radical (unpaired) electrons. The van der Waals surface area contributed by atoms with Gasteiger partial charge in [-0.3, -0.25) is 4.79 Å². The molecule has 23 heavy (non-hydrogen) atoms. The van der Waals surface area contributed by atoms with Gasteiger partial charge in [0.05, 0.1) is 11.6 Å². The summed E-state index contributed by atoms with van der Waals surface area (Å²) in [5.74, 6) is -1.19. The van der Waals surface area contributed by atoms with E-state index < -0.39 is 5.97 Å². The van der Waals surface area contributed by atoms with Crippen LogP contribution in [0, 0.1) is 6.92 Å². The quantitative estimate of drug-likeness (QED) is 0.946. The van der Waals surface area contributed by atoms with E-state index in [9.17, 15) is 9.59 Å². The van der Waals surface area contributed by atoms with Crippen LogP contribution < -0.4 is 0 Å². The van der Waals surface area contributed by atoms with Crippen LogP contribution in [-0.4, -0.2) is 33.4 Å². The molecule has 0 bridgehead atoms. The summed E-state index contributed by atoms with van der Waals surface area (Å²) in [6.45, 7) is 2.76. The number of amides is 1. The number of benzene rings is 1. The summed E-state index contributed by atoms with van der Waals surface area (Å²) in [6, 6.07) is 11.1. The van der Waals surface area contributed by atoms with Crippen molar-refractivity contribution in [1.82, 2.24) is 9.88 Å². The van der Waals surface area contributed by atoms with Gasteiger partial charge >= 0.3 is 5.97 Å². The second-order valence-electron chi connectivity index (χ2n) is 5.75. The average Bonchev–Trinajstić information content (AvgIpc) is 3.04. The van der Waals surface area contributed by atoms with Crippen LogP contribution in [0.25, 0.3) is 0 Å². The van der Waals surface area contributed by atoms with Gasteiger partial charge in [-0.05, 0) is 43.0 Å². The van der Waals surface area contributed by atoms with Crippen molar-refractivity contribution < 1.29 is 14.7 Å². The number of rotatable bonds is 3. The summed E-state index contributed by atoms with van der Waals surface area (Å²) in [6.07, 6.45) is 3.25. The Kier molecular flexibility index (Phi) is 4.10. The maximum atomic E-state index is 12.8. The lowest BCUT2D eigenvalue weighted by Crippen LogP contribution is -2.31. The van der Waals surface area contributed by atoms with E-state index in [4.69, 9.17) is 5.11 Å². The molecule has 1 aliphatic rings. The highest BCUT2D eigenvalue weighted by molar-refractivity contribution is 5.95. The standard InChI is InChI=1S/C18H18N2O3/c1-12-5-2-3-6-14(12)16-7-4-10-20(16)17(21)13-8-9-15(18(22)23)19-11-13/h2-3,5-6,8-9,11,16H,4,7,10H2,1H3,(H,22,23). The van der Waals surface area contributed by atoms with Crippen molar-refractivity contribution in [2.24, 2.45) is 0 Å². The summed E-state index contributed by atoms with van der Waals surface area (Å²) >= 11 is 0. The van der Waals surface area contributed by atoms with Crippen molar-refractivity contribution in [3.63, 3.8) is 0 Å². The monoisotopic (exact) mass is 310 g/mol. The van der Waals surface area contributed by atoms with E-state index in [1.54, 1.807) is 0 Å². The van der Waals surface area contributed by atoms with Gasteiger partial charge in [0.2, 0.25) is 0 Å². The van der Waals surface area contributed by atoms with Gasteiger partial charge < -0.3 is 10.0 Å². The molecule has 1 fully saturated rings. The summed E-state index contributed by atoms with van der Waals surface area (Å²) in [5, 5.41) is 8.89. The fourth-order valence-electron chi connectivity index (χ4n) is 3.11. The zero-order valence-electron chi connectivity index (χ0n) is 12.9. The normalized spacial score (nSPS) is 17.3. The number of hydrogen-bond donors (Lipinski definition) is 1. The van der Waals surface area contributed by atoms with Crippen molar-refractivity contribution >= 4 is 11.9 Å². The molecule has 1 aromatic heterocycles. The number of carboxylic acids is 1. The first kappa shape index (κ1) is 15.2. The van der Waals surface area contributed by atoms with Crippen molar-refractivity contribution in [2.45, 2.75) is 25.8 Å². The zero-order valence-corrected chi connectivity index (χ0v) is 12.9. The molecule has 1 N–H and O–H groups in total. The molecule has 3 rings (SSSR count). The number of carbonyl (C=O) groups excluding carboxylic acids is 1. The molecular weight excluding hydrogens is 292 g/mol. The third-order valence-corrected chi connectivity index (χ3v) is 4.29. The Morgan fingerprint density at radius 2 is 2.00 bits per heavy atom. The molecule has 1 amide bonds. The number of pyridine rings is 1. The summed E-state index contributed by atoms with van der Waals surface area (Å²) in [7, 11) is 0. The van der Waals surface area contributed by atoms with Crippen LogP contribution in [0.2, 0.25) is 0 Å². The van der Waals surface area contributed by atoms with Crippen LogP contribution in [0.15, 0.2) is 42.6 Å². The molecule has 1 atom stereocenters. The lowest BCUT2D eigenvalue weighted by molar-refractivity contribution is 0.0685. The molecule has 1 aromatic carbocycles. The molecule has 5 nitrogen and oxygen atoms in total. The number of carboxylic acid groups (broad SMARTS) is 1. The highest BCUT2D eigenvalue weighted by Gasteiger charge is 2.31. The molecule has 0 spiro atoms. The third-order valence-electron chi connectivity index (χ3n) is 4.29. The minimum atomic E-state index is -1.09. The SMILES string of the molecule is Cc1ccccc1C1CCCN1C(=O)c1ccc(C(=O)O)nc1. The first-order valence-corrected chi connectivity index (χ1v) is 7.64. The van der Waals surface area contributed by atoms with Gasteiger partial charge in [0.1, 0.15) is 5.69 Å². The smallest absolute Gasteiger partial charge is 0.354 e. The Bertz CT molecular complexity index is 740. The van der Waals surface area contributed by atoms with Gasteiger partial charge in [0.25, 0.3) is 5.91 Å². The number of aryl methyl sites for hydroxylation is 1. The van der Waals surface area contributed by atoms with Gasteiger partial charge in [-0.2, -0.15) is 0 Å². The number of likely N-dealkylation sites (tertiary alicyclic amines) is 1. The minimum absolute atomic E-state index is 0.0570. The Balaban J connectivity index is 1.86. The number of aromatic carboxylic acids is 1. The van der Waals surface area contributed by atoms with Crippen LogP contribution in [-0.2, 0) is 0 Å². The topological polar surface area (TPSA) is 70.5 Å². The van der Waals surface area contributed by atoms with Crippen molar-refractivity contribution in [3.8, 4) is 0 Å². The van der Waals surface area contributed by atoms with E-state index in [-0.39, 0.29) is 17.6 Å². The Hall–Kier alpha value is -2.69. The Morgan fingerprint density at radius 1 is 1.22 bits per heavy atom. The molecule has 118 valence electrons. The molecule has 0 saturated carbocycles. The third kappa shape index (κ3) is 2.95. The largest absolute Gasteiger partial charge is 0.477 e. The second kappa shape index (κ2) is 6.20. The molecule has 1 aliphatic heterocycles. The molecule has 2 aromatic rings. The van der Waals surface area contributed by atoms with E-state index in [0.29, 0.717) is 12.1 Å². The lowest BCUT2D eigenvalue weighted by Gasteiger charge is -2.26. The van der Waals surface area contributed by atoms with E-state index in [1.165, 1.54) is 29.5 Å². The summed E-state index contributed by atoms with van der Waals surface area (Å²) in [5.41, 5.74) is 2.72. The number of hydrogen-bond acceptors (Lipinski definition) is 3. The van der Waals surface area contributed by atoms with Crippen LogP contribution in [0.3, 0.4) is 0 Å².